The highest BCUT2D eigenvalue weighted by atomic mass is 127. The molecule has 1 rings (SSSR count). The van der Waals surface area contributed by atoms with Crippen molar-refractivity contribution in [3.05, 3.63) is 33.1 Å². The van der Waals surface area contributed by atoms with E-state index in [-0.39, 0.29) is 12.4 Å². The van der Waals surface area contributed by atoms with Gasteiger partial charge in [-0.05, 0) is 40.8 Å². The summed E-state index contributed by atoms with van der Waals surface area (Å²) in [6, 6.07) is 4.42. The Bertz CT molecular complexity index is 278. The van der Waals surface area contributed by atoms with E-state index in [2.05, 4.69) is 22.6 Å². The van der Waals surface area contributed by atoms with E-state index in [1.807, 2.05) is 0 Å². The molecule has 0 amide bonds. The molecule has 1 aromatic carbocycles. The molecule has 4 N–H and O–H groups in total. The average Bonchev–Trinajstić information content (AvgIpc) is 2.08. The molecule has 2 nitrogen and oxygen atoms in total. The predicted molar refractivity (Wildman–Crippen MR) is 55.1 cm³/mol. The lowest BCUT2D eigenvalue weighted by molar-refractivity contribution is 0.583. The van der Waals surface area contributed by atoms with Gasteiger partial charge in [-0.3, -0.25) is 0 Å². The van der Waals surface area contributed by atoms with E-state index in [9.17, 15) is 4.39 Å². The zero-order chi connectivity index (χ0) is 9.14. The Labute approximate surface area is 84.3 Å². The van der Waals surface area contributed by atoms with Gasteiger partial charge in [0.2, 0.25) is 0 Å². The summed E-state index contributed by atoms with van der Waals surface area (Å²) in [6.07, 6.45) is 0. The first-order valence-electron chi connectivity index (χ1n) is 3.55. The Balaban J connectivity index is 3.04. The van der Waals surface area contributed by atoms with Gasteiger partial charge in [0.1, 0.15) is 5.82 Å². The normalized spacial score (nSPS) is 13.0. The maximum absolute atomic E-state index is 13.1. The maximum Gasteiger partial charge on any atom is 0.128 e. The first-order valence-corrected chi connectivity index (χ1v) is 4.63. The third kappa shape index (κ3) is 2.15. The Morgan fingerprint density at radius 2 is 2.17 bits per heavy atom. The van der Waals surface area contributed by atoms with Crippen LogP contribution in [0.1, 0.15) is 11.6 Å². The maximum atomic E-state index is 13.1. The number of nitrogens with two attached hydrogens (primary N) is 2. The predicted octanol–water partition coefficient (Wildman–Crippen LogP) is 1.39. The highest BCUT2D eigenvalue weighted by Gasteiger charge is 2.09. The topological polar surface area (TPSA) is 52.0 Å². The van der Waals surface area contributed by atoms with E-state index in [1.165, 1.54) is 6.07 Å². The Morgan fingerprint density at radius 3 is 2.75 bits per heavy atom. The van der Waals surface area contributed by atoms with E-state index < -0.39 is 6.04 Å². The second-order valence-electron chi connectivity index (χ2n) is 2.51. The zero-order valence-electron chi connectivity index (χ0n) is 6.43. The highest BCUT2D eigenvalue weighted by Crippen LogP contribution is 2.17. The van der Waals surface area contributed by atoms with Crippen LogP contribution >= 0.6 is 22.6 Å². The molecular weight excluding hydrogens is 270 g/mol. The van der Waals surface area contributed by atoms with Gasteiger partial charge >= 0.3 is 0 Å². The molecule has 12 heavy (non-hydrogen) atoms. The molecule has 0 radical (unpaired) electrons. The van der Waals surface area contributed by atoms with Crippen molar-refractivity contribution in [2.75, 3.05) is 6.54 Å². The molecule has 0 heterocycles. The second kappa shape index (κ2) is 4.15. The summed E-state index contributed by atoms with van der Waals surface area (Å²) >= 11 is 2.11. The minimum atomic E-state index is -0.403. The van der Waals surface area contributed by atoms with Gasteiger partial charge in [-0.25, -0.2) is 4.39 Å². The Morgan fingerprint density at radius 1 is 1.50 bits per heavy atom. The second-order valence-corrected chi connectivity index (χ2v) is 3.75. The molecule has 0 saturated heterocycles. The number of benzene rings is 1. The molecule has 0 aromatic heterocycles. The third-order valence-electron chi connectivity index (χ3n) is 1.61. The van der Waals surface area contributed by atoms with Crippen LogP contribution in [0, 0.1) is 9.39 Å². The first kappa shape index (κ1) is 9.88. The van der Waals surface area contributed by atoms with Gasteiger partial charge in [-0.15, -0.1) is 0 Å². The molecular formula is C8H10FIN2. The lowest BCUT2D eigenvalue weighted by Crippen LogP contribution is -2.21. The lowest BCUT2D eigenvalue weighted by Gasteiger charge is -2.10. The van der Waals surface area contributed by atoms with Gasteiger partial charge in [0.25, 0.3) is 0 Å². The zero-order valence-corrected chi connectivity index (χ0v) is 8.58. The van der Waals surface area contributed by atoms with Gasteiger partial charge in [0.05, 0.1) is 0 Å². The van der Waals surface area contributed by atoms with Gasteiger partial charge in [0, 0.05) is 21.7 Å². The largest absolute Gasteiger partial charge is 0.329 e. The van der Waals surface area contributed by atoms with Crippen LogP contribution in [0.15, 0.2) is 18.2 Å². The van der Waals surface area contributed by atoms with Gasteiger partial charge in [0.15, 0.2) is 0 Å². The minimum Gasteiger partial charge on any atom is -0.329 e. The number of halogens is 2. The summed E-state index contributed by atoms with van der Waals surface area (Å²) in [5.41, 5.74) is 11.4. The molecule has 0 saturated carbocycles. The van der Waals surface area contributed by atoms with Crippen molar-refractivity contribution in [3.8, 4) is 0 Å². The van der Waals surface area contributed by atoms with Crippen LogP contribution in [-0.4, -0.2) is 6.54 Å². The van der Waals surface area contributed by atoms with Crippen molar-refractivity contribution in [2.45, 2.75) is 6.04 Å². The molecule has 0 bridgehead atoms. The Kier molecular flexibility index (Phi) is 3.42. The SMILES string of the molecule is NCC(N)c1cc(I)ccc1F. The fourth-order valence-electron chi connectivity index (χ4n) is 0.926. The van der Waals surface area contributed by atoms with Crippen LogP contribution in [0.3, 0.4) is 0 Å². The van der Waals surface area contributed by atoms with Gasteiger partial charge in [-0.2, -0.15) is 0 Å². The number of hydrogen-bond donors (Lipinski definition) is 2. The van der Waals surface area contributed by atoms with Crippen LogP contribution in [-0.2, 0) is 0 Å². The summed E-state index contributed by atoms with van der Waals surface area (Å²) in [6.45, 7) is 0.261. The van der Waals surface area contributed by atoms with E-state index >= 15 is 0 Å². The van der Waals surface area contributed by atoms with E-state index in [0.717, 1.165) is 3.57 Å². The molecule has 1 aromatic rings. The van der Waals surface area contributed by atoms with Gasteiger partial charge < -0.3 is 11.5 Å². The van der Waals surface area contributed by atoms with Crippen molar-refractivity contribution in [1.29, 1.82) is 0 Å². The average molecular weight is 280 g/mol. The standard InChI is InChI=1S/C8H10FIN2/c9-7-2-1-5(10)3-6(7)8(12)4-11/h1-3,8H,4,11-12H2. The quantitative estimate of drug-likeness (QED) is 0.804. The summed E-state index contributed by atoms with van der Waals surface area (Å²) in [5, 5.41) is 0. The van der Waals surface area contributed by atoms with Crippen LogP contribution in [0.4, 0.5) is 4.39 Å². The third-order valence-corrected chi connectivity index (χ3v) is 2.28. The molecule has 1 atom stereocenters. The molecule has 0 spiro atoms. The van der Waals surface area contributed by atoms with Crippen molar-refractivity contribution in [2.24, 2.45) is 11.5 Å². The molecule has 1 unspecified atom stereocenters. The van der Waals surface area contributed by atoms with Crippen molar-refractivity contribution < 1.29 is 4.39 Å². The van der Waals surface area contributed by atoms with Crippen LogP contribution in [0.25, 0.3) is 0 Å². The summed E-state index contributed by atoms with van der Waals surface area (Å²) in [5.74, 6) is -0.284. The molecule has 0 aliphatic rings. The fourth-order valence-corrected chi connectivity index (χ4v) is 1.44. The number of rotatable bonds is 2. The summed E-state index contributed by atoms with van der Waals surface area (Å²) in [7, 11) is 0. The van der Waals surface area contributed by atoms with E-state index in [1.54, 1.807) is 12.1 Å². The monoisotopic (exact) mass is 280 g/mol. The van der Waals surface area contributed by atoms with Crippen LogP contribution in [0.2, 0.25) is 0 Å². The fraction of sp³-hybridized carbons (Fsp3) is 0.250. The highest BCUT2D eigenvalue weighted by molar-refractivity contribution is 14.1. The molecule has 66 valence electrons. The Hall–Kier alpha value is -0.200. The number of hydrogen-bond acceptors (Lipinski definition) is 2. The van der Waals surface area contributed by atoms with E-state index in [4.69, 9.17) is 11.5 Å². The summed E-state index contributed by atoms with van der Waals surface area (Å²) < 4.78 is 14.0. The summed E-state index contributed by atoms with van der Waals surface area (Å²) in [4.78, 5) is 0. The first-order chi connectivity index (χ1) is 5.65. The molecule has 0 fully saturated rings. The van der Waals surface area contributed by atoms with Crippen molar-refractivity contribution in [3.63, 3.8) is 0 Å². The van der Waals surface area contributed by atoms with Crippen LogP contribution in [0.5, 0.6) is 0 Å². The molecule has 0 aliphatic heterocycles. The van der Waals surface area contributed by atoms with Gasteiger partial charge in [-0.1, -0.05) is 0 Å². The van der Waals surface area contributed by atoms with Crippen molar-refractivity contribution in [1.82, 2.24) is 0 Å². The lowest BCUT2D eigenvalue weighted by atomic mass is 10.1. The minimum absolute atomic E-state index is 0.261. The van der Waals surface area contributed by atoms with Crippen molar-refractivity contribution >= 4 is 22.6 Å². The molecule has 4 heteroatoms. The van der Waals surface area contributed by atoms with E-state index in [0.29, 0.717) is 5.56 Å². The smallest absolute Gasteiger partial charge is 0.128 e. The van der Waals surface area contributed by atoms with Crippen LogP contribution < -0.4 is 11.5 Å². The molecule has 0 aliphatic carbocycles.